The van der Waals surface area contributed by atoms with Crippen LogP contribution in [-0.4, -0.2) is 29.0 Å². The summed E-state index contributed by atoms with van der Waals surface area (Å²) >= 11 is 0. The van der Waals surface area contributed by atoms with Gasteiger partial charge in [-0.2, -0.15) is 0 Å². The molecule has 4 aromatic carbocycles. The largest absolute Gasteiger partial charge is 0.349 e. The molecule has 2 aliphatic heterocycles. The van der Waals surface area contributed by atoms with Crippen molar-refractivity contribution in [2.24, 2.45) is 11.8 Å². The molecule has 2 heterocycles. The van der Waals surface area contributed by atoms with Crippen molar-refractivity contribution in [1.82, 2.24) is 0 Å². The number of nitrogens with zero attached hydrogens (tertiary/aromatic N) is 1. The van der Waals surface area contributed by atoms with Crippen LogP contribution in [0.4, 0.5) is 5.69 Å². The Morgan fingerprint density at radius 2 is 1.33 bits per heavy atom. The van der Waals surface area contributed by atoms with Crippen molar-refractivity contribution in [3.8, 4) is 0 Å². The van der Waals surface area contributed by atoms with E-state index in [0.717, 1.165) is 16.3 Å². The molecular weight excluding hydrogens is 490 g/mol. The van der Waals surface area contributed by atoms with Crippen molar-refractivity contribution >= 4 is 39.8 Å². The Morgan fingerprint density at radius 1 is 0.718 bits per heavy atom. The van der Waals surface area contributed by atoms with E-state index in [9.17, 15) is 19.2 Å². The minimum Gasteiger partial charge on any atom is -0.349 e. The molecule has 2 fully saturated rings. The summed E-state index contributed by atoms with van der Waals surface area (Å²) in [5, 5.41) is 1.61. The van der Waals surface area contributed by atoms with E-state index in [4.69, 9.17) is 4.74 Å². The van der Waals surface area contributed by atoms with Gasteiger partial charge in [0.2, 0.25) is 29.0 Å². The number of ether oxygens (including phenoxy) is 1. The van der Waals surface area contributed by atoms with Crippen LogP contribution in [0.25, 0.3) is 10.8 Å². The zero-order valence-corrected chi connectivity index (χ0v) is 21.5. The predicted molar refractivity (Wildman–Crippen MR) is 146 cm³/mol. The minimum atomic E-state index is -2.08. The molecule has 3 aliphatic rings. The first-order chi connectivity index (χ1) is 18.8. The highest BCUT2D eigenvalue weighted by molar-refractivity contribution is 6.37. The lowest BCUT2D eigenvalue weighted by atomic mass is 9.77. The van der Waals surface area contributed by atoms with Gasteiger partial charge >= 0.3 is 0 Å². The molecular formula is C33H25NO5. The first kappa shape index (κ1) is 23.7. The second kappa shape index (κ2) is 8.29. The average Bonchev–Trinajstić information content (AvgIpc) is 3.52. The molecule has 4 aromatic rings. The maximum absolute atomic E-state index is 14.3. The van der Waals surface area contributed by atoms with Crippen molar-refractivity contribution < 1.29 is 23.9 Å². The Labute approximate surface area is 225 Å². The quantitative estimate of drug-likeness (QED) is 0.260. The van der Waals surface area contributed by atoms with Crippen molar-refractivity contribution in [2.45, 2.75) is 31.5 Å². The standard InChI is InChI=1S/C33H25NO5/c1-18(2)19-14-16-21(17-15-19)28-26-27(33(39-28)29(35)23-11-5-6-12-24(23)30(33)36)32(38)34(31(26)37)25-13-7-9-20-8-3-4-10-22(20)25/h3-18,26-28H,1-2H3/t26-,27-,28+/m0/s1. The average molecular weight is 516 g/mol. The van der Waals surface area contributed by atoms with Gasteiger partial charge in [-0.15, -0.1) is 0 Å². The van der Waals surface area contributed by atoms with Crippen LogP contribution in [0.3, 0.4) is 0 Å². The van der Waals surface area contributed by atoms with Crippen molar-refractivity contribution in [1.29, 1.82) is 0 Å². The van der Waals surface area contributed by atoms with E-state index >= 15 is 0 Å². The van der Waals surface area contributed by atoms with Gasteiger partial charge in [-0.05, 0) is 28.5 Å². The molecule has 3 atom stereocenters. The van der Waals surface area contributed by atoms with E-state index in [2.05, 4.69) is 13.8 Å². The van der Waals surface area contributed by atoms with Gasteiger partial charge in [0.1, 0.15) is 0 Å². The highest BCUT2D eigenvalue weighted by Crippen LogP contribution is 2.58. The molecule has 39 heavy (non-hydrogen) atoms. The number of hydrogen-bond acceptors (Lipinski definition) is 5. The molecule has 0 N–H and O–H groups in total. The lowest BCUT2D eigenvalue weighted by molar-refractivity contribution is -0.127. The van der Waals surface area contributed by atoms with Gasteiger partial charge in [0.05, 0.1) is 23.6 Å². The van der Waals surface area contributed by atoms with Crippen LogP contribution in [-0.2, 0) is 14.3 Å². The van der Waals surface area contributed by atoms with Crippen LogP contribution < -0.4 is 4.90 Å². The molecule has 0 radical (unpaired) electrons. The number of imide groups is 1. The highest BCUT2D eigenvalue weighted by Gasteiger charge is 2.74. The number of carbonyl (C=O) groups excluding carboxylic acids is 4. The number of amides is 2. The van der Waals surface area contributed by atoms with E-state index in [0.29, 0.717) is 17.2 Å². The van der Waals surface area contributed by atoms with Gasteiger partial charge in [-0.25, -0.2) is 4.90 Å². The molecule has 1 spiro atoms. The van der Waals surface area contributed by atoms with E-state index in [1.807, 2.05) is 54.6 Å². The summed E-state index contributed by atoms with van der Waals surface area (Å²) < 4.78 is 6.42. The molecule has 6 heteroatoms. The van der Waals surface area contributed by atoms with Crippen molar-refractivity contribution in [2.75, 3.05) is 4.90 Å². The molecule has 2 amide bonds. The molecule has 0 unspecified atom stereocenters. The molecule has 0 saturated carbocycles. The zero-order valence-electron chi connectivity index (χ0n) is 21.5. The fourth-order valence-electron chi connectivity index (χ4n) is 6.53. The molecule has 0 bridgehead atoms. The maximum atomic E-state index is 14.3. The Morgan fingerprint density at radius 3 is 2.00 bits per heavy atom. The minimum absolute atomic E-state index is 0.223. The molecule has 0 aromatic heterocycles. The van der Waals surface area contributed by atoms with Gasteiger partial charge < -0.3 is 4.74 Å². The summed E-state index contributed by atoms with van der Waals surface area (Å²) in [4.78, 5) is 57.6. The smallest absolute Gasteiger partial charge is 0.241 e. The number of fused-ring (bicyclic) bond motifs is 4. The number of hydrogen-bond donors (Lipinski definition) is 0. The number of Topliss-reactive ketones (excluding diaryl/α,β-unsaturated/α-hetero) is 2. The number of ketones is 2. The van der Waals surface area contributed by atoms with Gasteiger partial charge in [0, 0.05) is 16.5 Å². The SMILES string of the molecule is CC(C)c1ccc([C@H]2OC3(C(=O)c4ccccc4C3=O)[C@@H]3C(=O)N(c4cccc5ccccc45)C(=O)[C@H]23)cc1. The highest BCUT2D eigenvalue weighted by atomic mass is 16.5. The van der Waals surface area contributed by atoms with Crippen LogP contribution in [0.2, 0.25) is 0 Å². The van der Waals surface area contributed by atoms with Gasteiger partial charge in [-0.1, -0.05) is 98.8 Å². The second-order valence-electron chi connectivity index (χ2n) is 10.8. The van der Waals surface area contributed by atoms with Crippen LogP contribution in [0.1, 0.15) is 57.7 Å². The Hall–Kier alpha value is -4.42. The summed E-state index contributed by atoms with van der Waals surface area (Å²) in [6.45, 7) is 4.17. The predicted octanol–water partition coefficient (Wildman–Crippen LogP) is 5.66. The zero-order chi connectivity index (χ0) is 27.1. The summed E-state index contributed by atoms with van der Waals surface area (Å²) in [7, 11) is 0. The Kier molecular flexibility index (Phi) is 5.03. The summed E-state index contributed by atoms with van der Waals surface area (Å²) in [5.41, 5.74) is 0.569. The third-order valence-electron chi connectivity index (χ3n) is 8.46. The van der Waals surface area contributed by atoms with Gasteiger partial charge in [-0.3, -0.25) is 19.2 Å². The fourth-order valence-corrected chi connectivity index (χ4v) is 6.53. The number of rotatable bonds is 3. The van der Waals surface area contributed by atoms with Crippen LogP contribution in [0.15, 0.2) is 91.0 Å². The maximum Gasteiger partial charge on any atom is 0.241 e. The van der Waals surface area contributed by atoms with Crippen molar-refractivity contribution in [3.63, 3.8) is 0 Å². The molecule has 7 rings (SSSR count). The second-order valence-corrected chi connectivity index (χ2v) is 10.8. The van der Waals surface area contributed by atoms with Crippen LogP contribution >= 0.6 is 0 Å². The first-order valence-electron chi connectivity index (χ1n) is 13.2. The van der Waals surface area contributed by atoms with Gasteiger partial charge in [0.25, 0.3) is 0 Å². The van der Waals surface area contributed by atoms with Crippen LogP contribution in [0.5, 0.6) is 0 Å². The monoisotopic (exact) mass is 515 g/mol. The van der Waals surface area contributed by atoms with E-state index in [1.54, 1.807) is 36.4 Å². The Bertz CT molecular complexity index is 1680. The lowest BCUT2D eigenvalue weighted by Gasteiger charge is -2.27. The summed E-state index contributed by atoms with van der Waals surface area (Å²) in [6, 6.07) is 27.1. The van der Waals surface area contributed by atoms with E-state index in [-0.39, 0.29) is 11.1 Å². The normalized spacial score (nSPS) is 23.4. The molecule has 192 valence electrons. The number of carbonyl (C=O) groups is 4. The third kappa shape index (κ3) is 3.06. The van der Waals surface area contributed by atoms with Gasteiger partial charge in [0.15, 0.2) is 0 Å². The topological polar surface area (TPSA) is 80.8 Å². The summed E-state index contributed by atoms with van der Waals surface area (Å²) in [5.74, 6) is -4.16. The molecule has 2 saturated heterocycles. The van der Waals surface area contributed by atoms with E-state index < -0.39 is 46.9 Å². The third-order valence-corrected chi connectivity index (χ3v) is 8.46. The first-order valence-corrected chi connectivity index (χ1v) is 13.2. The van der Waals surface area contributed by atoms with Crippen LogP contribution in [0, 0.1) is 11.8 Å². The lowest BCUT2D eigenvalue weighted by Crippen LogP contribution is -2.51. The molecule has 1 aliphatic carbocycles. The number of benzene rings is 4. The fraction of sp³-hybridized carbons (Fsp3) is 0.212. The summed E-state index contributed by atoms with van der Waals surface area (Å²) in [6.07, 6.45) is -0.935. The van der Waals surface area contributed by atoms with E-state index in [1.165, 1.54) is 4.90 Å². The Balaban J connectivity index is 1.42. The van der Waals surface area contributed by atoms with Crippen molar-refractivity contribution in [3.05, 3.63) is 113 Å². The molecule has 6 nitrogen and oxygen atoms in total. The number of anilines is 1.